The third kappa shape index (κ3) is 5.51. The van der Waals surface area contributed by atoms with Gasteiger partial charge in [-0.15, -0.1) is 0 Å². The van der Waals surface area contributed by atoms with E-state index in [2.05, 4.69) is 197 Å². The summed E-state index contributed by atoms with van der Waals surface area (Å²) >= 11 is 0. The van der Waals surface area contributed by atoms with Gasteiger partial charge in [0.2, 0.25) is 0 Å². The molecule has 5 atom stereocenters. The van der Waals surface area contributed by atoms with Gasteiger partial charge in [-0.1, -0.05) is 146 Å². The van der Waals surface area contributed by atoms with Crippen molar-refractivity contribution in [3.63, 3.8) is 0 Å². The predicted octanol–water partition coefficient (Wildman–Crippen LogP) is 16.3. The Morgan fingerprint density at radius 1 is 0.531 bits per heavy atom. The van der Waals surface area contributed by atoms with Gasteiger partial charge in [0, 0.05) is 67.4 Å². The summed E-state index contributed by atoms with van der Waals surface area (Å²) in [6.07, 6.45) is 29.6. The first-order valence-corrected chi connectivity index (χ1v) is 23.9. The Morgan fingerprint density at radius 2 is 1.25 bits per heavy atom. The summed E-state index contributed by atoms with van der Waals surface area (Å²) in [7, 11) is 0. The number of para-hydroxylation sites is 2. The third-order valence-corrected chi connectivity index (χ3v) is 16.0. The Labute approximate surface area is 375 Å². The van der Waals surface area contributed by atoms with Gasteiger partial charge in [-0.25, -0.2) is 0 Å². The summed E-state index contributed by atoms with van der Waals surface area (Å²) in [5.41, 5.74) is 21.6. The minimum absolute atomic E-state index is 0.244. The van der Waals surface area contributed by atoms with Crippen LogP contribution in [0.15, 0.2) is 205 Å². The van der Waals surface area contributed by atoms with Crippen molar-refractivity contribution in [3.8, 4) is 11.1 Å². The van der Waals surface area contributed by atoms with E-state index in [0.29, 0.717) is 23.8 Å². The van der Waals surface area contributed by atoms with Gasteiger partial charge in [0.1, 0.15) is 0 Å². The van der Waals surface area contributed by atoms with Gasteiger partial charge in [-0.3, -0.25) is 0 Å². The molecule has 2 heterocycles. The lowest BCUT2D eigenvalue weighted by Crippen LogP contribution is -2.17. The van der Waals surface area contributed by atoms with E-state index in [4.69, 9.17) is 0 Å². The second kappa shape index (κ2) is 14.3. The Balaban J connectivity index is 0.790. The highest BCUT2D eigenvalue weighted by molar-refractivity contribution is 6.12. The minimum atomic E-state index is 0.244. The summed E-state index contributed by atoms with van der Waals surface area (Å²) in [6, 6.07) is 51.6. The Hall–Kier alpha value is -6.90. The molecule has 2 heteroatoms. The average molecular weight is 823 g/mol. The van der Waals surface area contributed by atoms with Crippen LogP contribution in [-0.4, -0.2) is 9.13 Å². The molecule has 2 aromatic heterocycles. The molecule has 0 radical (unpaired) electrons. The number of aromatic nitrogens is 2. The van der Waals surface area contributed by atoms with Crippen LogP contribution in [0.25, 0.3) is 65.9 Å². The maximum absolute atomic E-state index is 2.64. The van der Waals surface area contributed by atoms with Crippen molar-refractivity contribution in [3.05, 3.63) is 227 Å². The van der Waals surface area contributed by atoms with Crippen molar-refractivity contribution in [2.75, 3.05) is 0 Å². The predicted molar refractivity (Wildman–Crippen MR) is 269 cm³/mol. The van der Waals surface area contributed by atoms with Gasteiger partial charge < -0.3 is 9.13 Å². The molecular weight excluding hydrogens is 773 g/mol. The van der Waals surface area contributed by atoms with Crippen LogP contribution < -0.4 is 0 Å². The topological polar surface area (TPSA) is 9.86 Å². The number of benzene rings is 6. The molecule has 14 rings (SSSR count). The van der Waals surface area contributed by atoms with Gasteiger partial charge >= 0.3 is 0 Å². The van der Waals surface area contributed by atoms with Gasteiger partial charge in [0.25, 0.3) is 0 Å². The van der Waals surface area contributed by atoms with Crippen molar-refractivity contribution < 1.29 is 0 Å². The number of allylic oxidation sites excluding steroid dienone is 14. The first-order chi connectivity index (χ1) is 31.7. The zero-order valence-corrected chi connectivity index (χ0v) is 36.1. The smallest absolute Gasteiger partial charge is 0.0560 e. The largest absolute Gasteiger partial charge is 0.337 e. The molecule has 6 aliphatic rings. The zero-order valence-electron chi connectivity index (χ0n) is 36.1. The first-order valence-electron chi connectivity index (χ1n) is 23.9. The van der Waals surface area contributed by atoms with Crippen LogP contribution >= 0.6 is 0 Å². The fraction of sp³-hybridized carbons (Fsp3) is 0.194. The number of nitrogens with zero attached hydrogens (tertiary/aromatic N) is 2. The highest BCUT2D eigenvalue weighted by Crippen LogP contribution is 2.58. The molecule has 0 amide bonds. The molecule has 6 aromatic carbocycles. The number of rotatable bonds is 5. The molecule has 1 fully saturated rings. The number of fused-ring (bicyclic) bond motifs is 10. The zero-order chi connectivity index (χ0) is 41.9. The molecule has 6 aliphatic carbocycles. The standard InChI is InChI=1S/C62H50N2/c1-2-12-39(13-3-1)41-15-10-16-47(34-41)64-59-23-9-7-19-51(59)56-37-44(28-33-61(56)64)43-27-32-60-55(36-43)50-18-6-8-22-58(50)63(60)46-29-24-40(25-30-46)42-26-31-49-53-21-11-20-52-48-17-5-4-14-45(48)38-57(62(52)53)54(49)35-42/h1-10,12-15,17-19,22-29,31-33,35-37,41,45-47,53H,11,16,20-21,30,34,38H2. The van der Waals surface area contributed by atoms with Gasteiger partial charge in [0.15, 0.2) is 0 Å². The monoisotopic (exact) mass is 822 g/mol. The van der Waals surface area contributed by atoms with E-state index in [-0.39, 0.29) is 6.04 Å². The van der Waals surface area contributed by atoms with Crippen molar-refractivity contribution in [2.45, 2.75) is 68.9 Å². The average Bonchev–Trinajstić information content (AvgIpc) is 4.00. The summed E-state index contributed by atoms with van der Waals surface area (Å²) in [5, 5.41) is 5.31. The normalized spacial score (nSPS) is 23.4. The SMILES string of the molecule is C1=CC2=C3CCCC4C3=C(CC2C=C1)c1cc(C2=CCC(n3c5ccccc5c5cc(-c6ccc7c(c6)c6ccccc6n7C6CC=CC(c7ccccc7)C6)ccc53)C=C2)ccc14. The fourth-order valence-electron chi connectivity index (χ4n) is 13.1. The molecule has 0 bridgehead atoms. The Morgan fingerprint density at radius 3 is 2.03 bits per heavy atom. The highest BCUT2D eigenvalue weighted by atomic mass is 15.0. The molecule has 0 saturated heterocycles. The maximum Gasteiger partial charge on any atom is 0.0560 e. The maximum atomic E-state index is 2.64. The Bertz CT molecular complexity index is 3500. The summed E-state index contributed by atoms with van der Waals surface area (Å²) < 4.78 is 5.23. The van der Waals surface area contributed by atoms with Crippen LogP contribution in [0.3, 0.4) is 0 Å². The molecule has 2 nitrogen and oxygen atoms in total. The van der Waals surface area contributed by atoms with E-state index in [1.807, 2.05) is 0 Å². The first kappa shape index (κ1) is 36.6. The van der Waals surface area contributed by atoms with E-state index in [0.717, 1.165) is 25.7 Å². The van der Waals surface area contributed by atoms with Crippen LogP contribution in [0, 0.1) is 5.92 Å². The quantitative estimate of drug-likeness (QED) is 0.153. The number of hydrogen-bond donors (Lipinski definition) is 0. The van der Waals surface area contributed by atoms with Crippen LogP contribution in [0.2, 0.25) is 0 Å². The molecule has 64 heavy (non-hydrogen) atoms. The molecule has 0 aliphatic heterocycles. The molecular formula is C62H50N2. The van der Waals surface area contributed by atoms with E-state index in [9.17, 15) is 0 Å². The lowest BCUT2D eigenvalue weighted by atomic mass is 9.70. The molecule has 0 spiro atoms. The summed E-state index contributed by atoms with van der Waals surface area (Å²) in [6.45, 7) is 0. The number of hydrogen-bond acceptors (Lipinski definition) is 0. The van der Waals surface area contributed by atoms with E-state index in [1.54, 1.807) is 27.9 Å². The summed E-state index contributed by atoms with van der Waals surface area (Å²) in [5.74, 6) is 1.53. The lowest BCUT2D eigenvalue weighted by molar-refractivity contribution is 0.456. The highest BCUT2D eigenvalue weighted by Gasteiger charge is 2.40. The minimum Gasteiger partial charge on any atom is -0.337 e. The lowest BCUT2D eigenvalue weighted by Gasteiger charge is -2.34. The van der Waals surface area contributed by atoms with Crippen LogP contribution in [-0.2, 0) is 0 Å². The van der Waals surface area contributed by atoms with Crippen molar-refractivity contribution in [2.24, 2.45) is 5.92 Å². The third-order valence-electron chi connectivity index (χ3n) is 16.0. The fourth-order valence-corrected chi connectivity index (χ4v) is 13.1. The Kier molecular flexibility index (Phi) is 8.18. The van der Waals surface area contributed by atoms with Crippen molar-refractivity contribution in [1.29, 1.82) is 0 Å². The van der Waals surface area contributed by atoms with Crippen LogP contribution in [0.5, 0.6) is 0 Å². The van der Waals surface area contributed by atoms with E-state index in [1.165, 1.54) is 96.3 Å². The van der Waals surface area contributed by atoms with Gasteiger partial charge in [-0.05, 0) is 149 Å². The summed E-state index contributed by atoms with van der Waals surface area (Å²) in [4.78, 5) is 0. The van der Waals surface area contributed by atoms with Crippen molar-refractivity contribution in [1.82, 2.24) is 9.13 Å². The van der Waals surface area contributed by atoms with Gasteiger partial charge in [-0.2, -0.15) is 0 Å². The second-order valence-electron chi connectivity index (χ2n) is 19.3. The van der Waals surface area contributed by atoms with Crippen molar-refractivity contribution >= 4 is 54.8 Å². The van der Waals surface area contributed by atoms with E-state index < -0.39 is 0 Å². The van der Waals surface area contributed by atoms with Crippen LogP contribution in [0.4, 0.5) is 0 Å². The molecule has 8 aromatic rings. The van der Waals surface area contributed by atoms with Gasteiger partial charge in [0.05, 0.1) is 6.04 Å². The molecule has 308 valence electrons. The molecule has 0 N–H and O–H groups in total. The second-order valence-corrected chi connectivity index (χ2v) is 19.3. The molecule has 1 saturated carbocycles. The van der Waals surface area contributed by atoms with E-state index >= 15 is 0 Å². The molecule has 5 unspecified atom stereocenters. The van der Waals surface area contributed by atoms with Crippen LogP contribution in [0.1, 0.15) is 91.1 Å².